The van der Waals surface area contributed by atoms with Crippen molar-refractivity contribution < 1.29 is 23.4 Å². The van der Waals surface area contributed by atoms with Gasteiger partial charge in [-0.1, -0.05) is 6.08 Å². The summed E-state index contributed by atoms with van der Waals surface area (Å²) in [5.74, 6) is -0.497. The number of halogens is 2. The quantitative estimate of drug-likeness (QED) is 0.498. The van der Waals surface area contributed by atoms with Gasteiger partial charge in [-0.3, -0.25) is 4.90 Å². The molecule has 1 N–H and O–H groups in total. The van der Waals surface area contributed by atoms with E-state index in [9.17, 15) is 13.6 Å². The number of alkyl halides is 2. The molecule has 0 unspecified atom stereocenters. The highest BCUT2D eigenvalue weighted by molar-refractivity contribution is 5.81. The summed E-state index contributed by atoms with van der Waals surface area (Å²) >= 11 is 0. The van der Waals surface area contributed by atoms with E-state index in [4.69, 9.17) is 5.11 Å². The van der Waals surface area contributed by atoms with E-state index in [1.807, 2.05) is 0 Å². The number of nitrogens with zero attached hydrogens (tertiary/aromatic N) is 1. The lowest BCUT2D eigenvalue weighted by atomic mass is 10.4. The smallest absolute Gasteiger partial charge is 0.330 e. The molecule has 0 aliphatic heterocycles. The third-order valence-corrected chi connectivity index (χ3v) is 1.72. The van der Waals surface area contributed by atoms with E-state index >= 15 is 0 Å². The Morgan fingerprint density at radius 3 is 2.75 bits per heavy atom. The van der Waals surface area contributed by atoms with Crippen LogP contribution in [0.2, 0.25) is 0 Å². The molecule has 0 saturated heterocycles. The van der Waals surface area contributed by atoms with Gasteiger partial charge in [-0.2, -0.15) is 0 Å². The maximum absolute atomic E-state index is 12.1. The summed E-state index contributed by atoms with van der Waals surface area (Å²) in [7, 11) is 0. The molecule has 0 aromatic carbocycles. The third kappa shape index (κ3) is 8.31. The Labute approximate surface area is 93.5 Å². The number of esters is 1. The van der Waals surface area contributed by atoms with Crippen molar-refractivity contribution in [1.82, 2.24) is 4.90 Å². The summed E-state index contributed by atoms with van der Waals surface area (Å²) in [4.78, 5) is 12.2. The van der Waals surface area contributed by atoms with Gasteiger partial charge in [0.1, 0.15) is 0 Å². The van der Waals surface area contributed by atoms with Crippen LogP contribution in [0, 0.1) is 0 Å². The van der Waals surface area contributed by atoms with Gasteiger partial charge in [-0.05, 0) is 6.92 Å². The molecule has 16 heavy (non-hydrogen) atoms. The maximum atomic E-state index is 12.1. The molecule has 0 radical (unpaired) electrons. The van der Waals surface area contributed by atoms with Crippen LogP contribution in [-0.4, -0.2) is 55.2 Å². The number of ether oxygens (including phenoxy) is 1. The minimum Gasteiger partial charge on any atom is -0.463 e. The standard InChI is InChI=1S/C10H17F2NO3/c1-2-16-10(15)4-3-5-13(6-7-14)8-9(11)12/h3-4,9,14H,2,5-8H2,1H3/b4-3+. The minimum atomic E-state index is -2.46. The number of aliphatic hydroxyl groups is 1. The van der Waals surface area contributed by atoms with E-state index in [2.05, 4.69) is 4.74 Å². The van der Waals surface area contributed by atoms with Gasteiger partial charge < -0.3 is 9.84 Å². The number of hydrogen-bond donors (Lipinski definition) is 1. The molecule has 0 amide bonds. The van der Waals surface area contributed by atoms with Crippen molar-refractivity contribution in [1.29, 1.82) is 0 Å². The maximum Gasteiger partial charge on any atom is 0.330 e. The Bertz CT molecular complexity index is 222. The first-order valence-electron chi connectivity index (χ1n) is 5.04. The lowest BCUT2D eigenvalue weighted by molar-refractivity contribution is -0.137. The molecule has 94 valence electrons. The number of hydrogen-bond acceptors (Lipinski definition) is 4. The van der Waals surface area contributed by atoms with E-state index in [0.29, 0.717) is 0 Å². The Morgan fingerprint density at radius 2 is 2.25 bits per heavy atom. The molecule has 0 rings (SSSR count). The molecule has 0 aliphatic rings. The monoisotopic (exact) mass is 237 g/mol. The number of rotatable bonds is 8. The average molecular weight is 237 g/mol. The van der Waals surface area contributed by atoms with E-state index < -0.39 is 18.9 Å². The van der Waals surface area contributed by atoms with Crippen molar-refractivity contribution in [2.24, 2.45) is 0 Å². The summed E-state index contributed by atoms with van der Waals surface area (Å²) < 4.78 is 28.8. The van der Waals surface area contributed by atoms with Gasteiger partial charge in [0.15, 0.2) is 0 Å². The van der Waals surface area contributed by atoms with Crippen molar-refractivity contribution in [3.63, 3.8) is 0 Å². The van der Waals surface area contributed by atoms with E-state index in [0.717, 1.165) is 0 Å². The fraction of sp³-hybridized carbons (Fsp3) is 0.700. The predicted molar refractivity (Wildman–Crippen MR) is 55.3 cm³/mol. The normalized spacial score (nSPS) is 11.6. The highest BCUT2D eigenvalue weighted by Gasteiger charge is 2.09. The first-order valence-corrected chi connectivity index (χ1v) is 5.04. The Hall–Kier alpha value is -1.01. The molecule has 0 aromatic heterocycles. The van der Waals surface area contributed by atoms with Crippen molar-refractivity contribution in [2.45, 2.75) is 13.3 Å². The second kappa shape index (κ2) is 9.23. The molecule has 0 bridgehead atoms. The zero-order chi connectivity index (χ0) is 12.4. The lowest BCUT2D eigenvalue weighted by Gasteiger charge is -2.18. The highest BCUT2D eigenvalue weighted by atomic mass is 19.3. The van der Waals surface area contributed by atoms with Gasteiger partial charge in [-0.15, -0.1) is 0 Å². The Morgan fingerprint density at radius 1 is 1.56 bits per heavy atom. The summed E-state index contributed by atoms with van der Waals surface area (Å²) in [5.41, 5.74) is 0. The fourth-order valence-electron chi connectivity index (χ4n) is 1.08. The Balaban J connectivity index is 3.95. The average Bonchev–Trinajstić information content (AvgIpc) is 2.17. The van der Waals surface area contributed by atoms with Crippen LogP contribution in [0.1, 0.15) is 6.92 Å². The van der Waals surface area contributed by atoms with Crippen LogP contribution < -0.4 is 0 Å². The molecule has 0 aromatic rings. The van der Waals surface area contributed by atoms with Crippen LogP contribution >= 0.6 is 0 Å². The second-order valence-electron chi connectivity index (χ2n) is 3.03. The van der Waals surface area contributed by atoms with Gasteiger partial charge in [0.25, 0.3) is 6.43 Å². The topological polar surface area (TPSA) is 49.8 Å². The second-order valence-corrected chi connectivity index (χ2v) is 3.03. The molecule has 0 heterocycles. The summed E-state index contributed by atoms with van der Waals surface area (Å²) in [6, 6.07) is 0. The molecule has 0 saturated carbocycles. The zero-order valence-corrected chi connectivity index (χ0v) is 9.23. The Kier molecular flexibility index (Phi) is 8.65. The van der Waals surface area contributed by atoms with Gasteiger partial charge >= 0.3 is 5.97 Å². The van der Waals surface area contributed by atoms with Crippen molar-refractivity contribution in [3.8, 4) is 0 Å². The van der Waals surface area contributed by atoms with Crippen LogP contribution in [-0.2, 0) is 9.53 Å². The number of carbonyl (C=O) groups excluding carboxylic acids is 1. The molecule has 0 aliphatic carbocycles. The summed E-state index contributed by atoms with van der Waals surface area (Å²) in [6.45, 7) is 1.68. The van der Waals surface area contributed by atoms with Crippen LogP contribution in [0.25, 0.3) is 0 Å². The summed E-state index contributed by atoms with van der Waals surface area (Å²) in [5, 5.41) is 8.64. The van der Waals surface area contributed by atoms with Crippen LogP contribution in [0.15, 0.2) is 12.2 Å². The SMILES string of the molecule is CCOC(=O)/C=C/CN(CCO)CC(F)F. The van der Waals surface area contributed by atoms with E-state index in [-0.39, 0.29) is 26.3 Å². The minimum absolute atomic E-state index is 0.150. The van der Waals surface area contributed by atoms with Gasteiger partial charge in [0.2, 0.25) is 0 Å². The van der Waals surface area contributed by atoms with Crippen LogP contribution in [0.5, 0.6) is 0 Å². The first-order chi connectivity index (χ1) is 7.60. The zero-order valence-electron chi connectivity index (χ0n) is 9.23. The largest absolute Gasteiger partial charge is 0.463 e. The van der Waals surface area contributed by atoms with E-state index in [1.165, 1.54) is 17.1 Å². The molecular weight excluding hydrogens is 220 g/mol. The van der Waals surface area contributed by atoms with Crippen molar-refractivity contribution in [3.05, 3.63) is 12.2 Å². The molecule has 0 spiro atoms. The predicted octanol–water partition coefficient (Wildman–Crippen LogP) is 0.665. The van der Waals surface area contributed by atoms with Gasteiger partial charge in [0, 0.05) is 19.2 Å². The van der Waals surface area contributed by atoms with E-state index in [1.54, 1.807) is 6.92 Å². The van der Waals surface area contributed by atoms with Gasteiger partial charge in [0.05, 0.1) is 19.8 Å². The highest BCUT2D eigenvalue weighted by Crippen LogP contribution is 1.98. The number of carbonyl (C=O) groups is 1. The molecule has 0 atom stereocenters. The lowest BCUT2D eigenvalue weighted by Crippen LogP contribution is -2.31. The van der Waals surface area contributed by atoms with Gasteiger partial charge in [-0.25, -0.2) is 13.6 Å². The molecule has 0 fully saturated rings. The summed E-state index contributed by atoms with van der Waals surface area (Å²) in [6.07, 6.45) is 0.178. The van der Waals surface area contributed by atoms with Crippen molar-refractivity contribution in [2.75, 3.05) is 32.8 Å². The molecular formula is C10H17F2NO3. The fourth-order valence-corrected chi connectivity index (χ4v) is 1.08. The van der Waals surface area contributed by atoms with Crippen molar-refractivity contribution >= 4 is 5.97 Å². The first kappa shape index (κ1) is 15.0. The van der Waals surface area contributed by atoms with Crippen LogP contribution in [0.4, 0.5) is 8.78 Å². The molecule has 6 heteroatoms. The molecule has 4 nitrogen and oxygen atoms in total. The third-order valence-electron chi connectivity index (χ3n) is 1.72. The van der Waals surface area contributed by atoms with Crippen LogP contribution in [0.3, 0.4) is 0 Å². The number of aliphatic hydroxyl groups excluding tert-OH is 1.